The van der Waals surface area contributed by atoms with Crippen LogP contribution in [0.25, 0.3) is 32.8 Å². The van der Waals surface area contributed by atoms with Crippen LogP contribution in [0.1, 0.15) is 0 Å². The van der Waals surface area contributed by atoms with Crippen molar-refractivity contribution in [2.75, 3.05) is 0 Å². The number of halogens is 1. The van der Waals surface area contributed by atoms with Gasteiger partial charge in [-0.3, -0.25) is 4.79 Å². The van der Waals surface area contributed by atoms with Crippen molar-refractivity contribution in [1.82, 2.24) is 9.97 Å². The number of para-hydroxylation sites is 2. The Balaban J connectivity index is 2.37. The van der Waals surface area contributed by atoms with Crippen molar-refractivity contribution in [1.29, 1.82) is 0 Å². The quantitative estimate of drug-likeness (QED) is 0.500. The second kappa shape index (κ2) is 3.62. The van der Waals surface area contributed by atoms with Gasteiger partial charge in [-0.05, 0) is 18.2 Å². The molecule has 92 valence electrons. The monoisotopic (exact) mass is 268 g/mol. The molecule has 3 nitrogen and oxygen atoms in total. The molecule has 0 atom stereocenters. The number of benzene rings is 2. The first-order valence-electron chi connectivity index (χ1n) is 5.96. The number of hydrogen-bond donors (Lipinski definition) is 2. The summed E-state index contributed by atoms with van der Waals surface area (Å²) in [4.78, 5) is 18.9. The van der Waals surface area contributed by atoms with Crippen molar-refractivity contribution >= 4 is 44.4 Å². The Morgan fingerprint density at radius 2 is 1.58 bits per heavy atom. The molecule has 2 heterocycles. The van der Waals surface area contributed by atoms with Gasteiger partial charge < -0.3 is 9.97 Å². The summed E-state index contributed by atoms with van der Waals surface area (Å²) in [7, 11) is 0. The lowest BCUT2D eigenvalue weighted by Crippen LogP contribution is -2.03. The fraction of sp³-hybridized carbons (Fsp3) is 0. The summed E-state index contributed by atoms with van der Waals surface area (Å²) in [6, 6.07) is 13.1. The molecule has 0 aliphatic rings. The third-order valence-electron chi connectivity index (χ3n) is 3.44. The van der Waals surface area contributed by atoms with Crippen molar-refractivity contribution in [2.45, 2.75) is 0 Å². The number of aromatic amines is 2. The molecule has 0 aliphatic carbocycles. The summed E-state index contributed by atoms with van der Waals surface area (Å²) in [6.45, 7) is 0. The molecule has 2 aromatic heterocycles. The summed E-state index contributed by atoms with van der Waals surface area (Å²) in [5.41, 5.74) is 3.00. The van der Waals surface area contributed by atoms with Crippen LogP contribution in [0.4, 0.5) is 0 Å². The Labute approximate surface area is 112 Å². The van der Waals surface area contributed by atoms with E-state index in [0.29, 0.717) is 15.9 Å². The minimum Gasteiger partial charge on any atom is -0.353 e. The zero-order chi connectivity index (χ0) is 13.0. The van der Waals surface area contributed by atoms with Crippen LogP contribution in [0.5, 0.6) is 0 Å². The summed E-state index contributed by atoms with van der Waals surface area (Å²) in [6.07, 6.45) is 0. The molecule has 0 unspecified atom stereocenters. The standard InChI is InChI=1S/C15H9ClN2O/c16-10-6-3-5-9-12(10)18-14-13(9)17-11-7-2-1-4-8(11)15(14)19/h1-7,18H,(H,17,19). The molecule has 0 saturated carbocycles. The topological polar surface area (TPSA) is 48.6 Å². The van der Waals surface area contributed by atoms with E-state index in [4.69, 9.17) is 11.6 Å². The molecule has 0 radical (unpaired) electrons. The van der Waals surface area contributed by atoms with Gasteiger partial charge in [0, 0.05) is 16.3 Å². The van der Waals surface area contributed by atoms with Gasteiger partial charge in [0.2, 0.25) is 5.43 Å². The van der Waals surface area contributed by atoms with E-state index >= 15 is 0 Å². The van der Waals surface area contributed by atoms with E-state index < -0.39 is 0 Å². The predicted octanol–water partition coefficient (Wildman–Crippen LogP) is 3.82. The van der Waals surface area contributed by atoms with Gasteiger partial charge in [0.25, 0.3) is 0 Å². The van der Waals surface area contributed by atoms with Gasteiger partial charge in [0.05, 0.1) is 16.1 Å². The van der Waals surface area contributed by atoms with Gasteiger partial charge in [0.15, 0.2) is 0 Å². The molecule has 0 amide bonds. The molecule has 4 aromatic rings. The predicted molar refractivity (Wildman–Crippen MR) is 78.9 cm³/mol. The summed E-state index contributed by atoms with van der Waals surface area (Å²) < 4.78 is 0. The largest absolute Gasteiger partial charge is 0.353 e. The highest BCUT2D eigenvalue weighted by Crippen LogP contribution is 2.28. The minimum atomic E-state index is -0.00313. The second-order valence-corrected chi connectivity index (χ2v) is 4.94. The summed E-state index contributed by atoms with van der Waals surface area (Å²) >= 11 is 6.17. The molecule has 0 spiro atoms. The van der Waals surface area contributed by atoms with Crippen molar-refractivity contribution in [2.24, 2.45) is 0 Å². The smallest absolute Gasteiger partial charge is 0.213 e. The van der Waals surface area contributed by atoms with Crippen molar-refractivity contribution in [3.05, 3.63) is 57.7 Å². The van der Waals surface area contributed by atoms with E-state index in [0.717, 1.165) is 21.9 Å². The minimum absolute atomic E-state index is 0.00313. The van der Waals surface area contributed by atoms with Gasteiger partial charge in [0.1, 0.15) is 5.52 Å². The third-order valence-corrected chi connectivity index (χ3v) is 3.76. The van der Waals surface area contributed by atoms with Gasteiger partial charge in [-0.2, -0.15) is 0 Å². The Kier molecular flexibility index (Phi) is 2.03. The maximum atomic E-state index is 12.5. The van der Waals surface area contributed by atoms with Crippen LogP contribution in [0.15, 0.2) is 47.3 Å². The SMILES string of the molecule is O=c1c2ccccc2[nH]c2c1[nH]c1c(Cl)cccc12. The van der Waals surface area contributed by atoms with E-state index in [1.165, 1.54) is 0 Å². The highest BCUT2D eigenvalue weighted by Gasteiger charge is 2.12. The van der Waals surface area contributed by atoms with Crippen LogP contribution in [0, 0.1) is 0 Å². The van der Waals surface area contributed by atoms with Crippen LogP contribution in [0.2, 0.25) is 5.02 Å². The first-order chi connectivity index (χ1) is 9.25. The molecule has 2 N–H and O–H groups in total. The first kappa shape index (κ1) is 10.6. The Hall–Kier alpha value is -2.26. The molecule has 4 rings (SSSR count). The van der Waals surface area contributed by atoms with Gasteiger partial charge in [-0.25, -0.2) is 0 Å². The van der Waals surface area contributed by atoms with E-state index in [-0.39, 0.29) is 5.43 Å². The summed E-state index contributed by atoms with van der Waals surface area (Å²) in [5.74, 6) is 0. The Bertz CT molecular complexity index is 997. The van der Waals surface area contributed by atoms with Crippen LogP contribution in [-0.2, 0) is 0 Å². The number of aromatic nitrogens is 2. The van der Waals surface area contributed by atoms with Crippen LogP contribution >= 0.6 is 11.6 Å². The normalized spacial score (nSPS) is 11.6. The molecule has 0 saturated heterocycles. The molecular weight excluding hydrogens is 260 g/mol. The third kappa shape index (κ3) is 1.36. The molecule has 2 aromatic carbocycles. The van der Waals surface area contributed by atoms with Gasteiger partial charge in [-0.15, -0.1) is 0 Å². The number of fused-ring (bicyclic) bond motifs is 4. The van der Waals surface area contributed by atoms with E-state index in [2.05, 4.69) is 9.97 Å². The fourth-order valence-corrected chi connectivity index (χ4v) is 2.76. The highest BCUT2D eigenvalue weighted by molar-refractivity contribution is 6.36. The molecule has 0 bridgehead atoms. The molecule has 4 heteroatoms. The van der Waals surface area contributed by atoms with Gasteiger partial charge in [-0.1, -0.05) is 35.9 Å². The zero-order valence-electron chi connectivity index (χ0n) is 9.83. The lowest BCUT2D eigenvalue weighted by atomic mass is 10.1. The van der Waals surface area contributed by atoms with Crippen molar-refractivity contribution in [3.63, 3.8) is 0 Å². The van der Waals surface area contributed by atoms with E-state index in [1.54, 1.807) is 0 Å². The maximum absolute atomic E-state index is 12.5. The van der Waals surface area contributed by atoms with E-state index in [9.17, 15) is 4.79 Å². The van der Waals surface area contributed by atoms with E-state index in [1.807, 2.05) is 42.5 Å². The van der Waals surface area contributed by atoms with Crippen LogP contribution in [-0.4, -0.2) is 9.97 Å². The molecule has 0 aliphatic heterocycles. The molecule has 19 heavy (non-hydrogen) atoms. The average molecular weight is 269 g/mol. The lowest BCUT2D eigenvalue weighted by Gasteiger charge is -1.98. The lowest BCUT2D eigenvalue weighted by molar-refractivity contribution is 1.46. The summed E-state index contributed by atoms with van der Waals surface area (Å²) in [5, 5.41) is 2.23. The number of pyridine rings is 1. The number of hydrogen-bond acceptors (Lipinski definition) is 1. The van der Waals surface area contributed by atoms with Crippen LogP contribution < -0.4 is 5.43 Å². The van der Waals surface area contributed by atoms with Crippen LogP contribution in [0.3, 0.4) is 0 Å². The second-order valence-electron chi connectivity index (χ2n) is 4.54. The maximum Gasteiger partial charge on any atom is 0.213 e. The van der Waals surface area contributed by atoms with Crippen molar-refractivity contribution in [3.8, 4) is 0 Å². The Morgan fingerprint density at radius 1 is 0.789 bits per heavy atom. The first-order valence-corrected chi connectivity index (χ1v) is 6.34. The van der Waals surface area contributed by atoms with Gasteiger partial charge >= 0.3 is 0 Å². The number of rotatable bonds is 0. The Morgan fingerprint density at radius 3 is 2.47 bits per heavy atom. The fourth-order valence-electron chi connectivity index (χ4n) is 2.54. The molecular formula is C15H9ClN2O. The number of nitrogens with one attached hydrogen (secondary N) is 2. The molecule has 0 fully saturated rings. The highest BCUT2D eigenvalue weighted by atomic mass is 35.5. The van der Waals surface area contributed by atoms with Crippen molar-refractivity contribution < 1.29 is 0 Å². The zero-order valence-corrected chi connectivity index (χ0v) is 10.6. The average Bonchev–Trinajstić information content (AvgIpc) is 2.80. The number of H-pyrrole nitrogens is 2.